The van der Waals surface area contributed by atoms with E-state index in [2.05, 4.69) is 37.0 Å². The minimum absolute atomic E-state index is 0.0278. The fraction of sp³-hybridized carbons (Fsp3) is 0.0769. The van der Waals surface area contributed by atoms with Gasteiger partial charge in [0.25, 0.3) is 5.91 Å². The third-order valence-corrected chi connectivity index (χ3v) is 5.19. The fourth-order valence-corrected chi connectivity index (χ4v) is 4.48. The molecule has 0 unspecified atom stereocenters. The first-order valence-electron chi connectivity index (χ1n) is 5.75. The van der Waals surface area contributed by atoms with E-state index in [1.807, 2.05) is 0 Å². The van der Waals surface area contributed by atoms with Crippen LogP contribution in [0.25, 0.3) is 0 Å². The minimum Gasteiger partial charge on any atom is -0.409 e. The Morgan fingerprint density at radius 1 is 1.33 bits per heavy atom. The van der Waals surface area contributed by atoms with Gasteiger partial charge in [0, 0.05) is 18.3 Å². The molecular weight excluding hydrogens is 422 g/mol. The van der Waals surface area contributed by atoms with Gasteiger partial charge < -0.3 is 15.8 Å². The number of carbonyl (C=O) groups excluding carboxylic acids is 1. The molecule has 1 amide bonds. The van der Waals surface area contributed by atoms with Crippen LogP contribution in [0.5, 0.6) is 0 Å². The van der Waals surface area contributed by atoms with E-state index in [-0.39, 0.29) is 11.7 Å². The lowest BCUT2D eigenvalue weighted by atomic mass is 10.1. The monoisotopic (exact) mass is 431 g/mol. The maximum absolute atomic E-state index is 12.4. The Kier molecular flexibility index (Phi) is 5.02. The molecule has 2 aromatic rings. The van der Waals surface area contributed by atoms with Crippen molar-refractivity contribution in [2.45, 2.75) is 0 Å². The summed E-state index contributed by atoms with van der Waals surface area (Å²) in [6, 6.07) is 8.62. The van der Waals surface area contributed by atoms with Crippen LogP contribution in [0.3, 0.4) is 0 Å². The molecule has 0 bridgehead atoms. The highest BCUT2D eigenvalue weighted by Crippen LogP contribution is 2.33. The summed E-state index contributed by atoms with van der Waals surface area (Å²) in [5, 5.41) is 11.6. The van der Waals surface area contributed by atoms with E-state index in [1.54, 1.807) is 37.4 Å². The summed E-state index contributed by atoms with van der Waals surface area (Å²) in [6.45, 7) is 0. The van der Waals surface area contributed by atoms with Crippen LogP contribution in [0.2, 0.25) is 0 Å². The van der Waals surface area contributed by atoms with E-state index in [9.17, 15) is 4.79 Å². The Hall–Kier alpha value is -1.38. The van der Waals surface area contributed by atoms with Gasteiger partial charge in [0.05, 0.1) is 13.1 Å². The molecule has 0 aliphatic heterocycles. The molecule has 1 heterocycles. The smallest absolute Gasteiger partial charge is 0.260 e. The number of hydrogen-bond donors (Lipinski definition) is 2. The summed E-state index contributed by atoms with van der Waals surface area (Å²) in [5.41, 5.74) is 7.39. The predicted octanol–water partition coefficient (Wildman–Crippen LogP) is 3.64. The van der Waals surface area contributed by atoms with Crippen LogP contribution < -0.4 is 10.6 Å². The molecule has 8 heteroatoms. The molecule has 0 aliphatic rings. The number of anilines is 1. The molecule has 110 valence electrons. The van der Waals surface area contributed by atoms with E-state index < -0.39 is 0 Å². The summed E-state index contributed by atoms with van der Waals surface area (Å²) in [4.78, 5) is 14.0. The normalized spacial score (nSPS) is 11.5. The number of benzene rings is 1. The number of nitrogens with zero attached hydrogens (tertiary/aromatic N) is 2. The SMILES string of the molecule is CN(C(=O)c1cc(Br)sc1Br)c1ccc(/C(N)=N/O)cc1. The van der Waals surface area contributed by atoms with Gasteiger partial charge in [-0.25, -0.2) is 0 Å². The topological polar surface area (TPSA) is 78.9 Å². The van der Waals surface area contributed by atoms with Crippen molar-refractivity contribution in [2.75, 3.05) is 11.9 Å². The van der Waals surface area contributed by atoms with Crippen molar-refractivity contribution in [3.05, 3.63) is 49.0 Å². The first-order valence-corrected chi connectivity index (χ1v) is 8.15. The summed E-state index contributed by atoms with van der Waals surface area (Å²) in [6.07, 6.45) is 0. The van der Waals surface area contributed by atoms with Gasteiger partial charge in [-0.3, -0.25) is 4.79 Å². The summed E-state index contributed by atoms with van der Waals surface area (Å²) >= 11 is 8.18. The van der Waals surface area contributed by atoms with Crippen molar-refractivity contribution in [2.24, 2.45) is 10.9 Å². The Morgan fingerprint density at radius 3 is 2.43 bits per heavy atom. The van der Waals surface area contributed by atoms with E-state index in [4.69, 9.17) is 10.9 Å². The second-order valence-electron chi connectivity index (χ2n) is 4.13. The predicted molar refractivity (Wildman–Crippen MR) is 91.4 cm³/mol. The standard InChI is InChI=1S/C13H11Br2N3O2S/c1-18(13(19)9-6-10(14)21-11(9)15)8-4-2-7(3-5-8)12(16)17-20/h2-6,20H,1H3,(H2,16,17). The Bertz CT molecular complexity index is 698. The third-order valence-electron chi connectivity index (χ3n) is 2.85. The molecule has 0 spiro atoms. The molecule has 0 radical (unpaired) electrons. The number of hydrogen-bond acceptors (Lipinski definition) is 4. The number of oxime groups is 1. The van der Waals surface area contributed by atoms with Crippen LogP contribution in [0.1, 0.15) is 15.9 Å². The highest BCUT2D eigenvalue weighted by Gasteiger charge is 2.18. The maximum atomic E-state index is 12.4. The largest absolute Gasteiger partial charge is 0.409 e. The van der Waals surface area contributed by atoms with E-state index in [0.717, 1.165) is 7.57 Å². The van der Waals surface area contributed by atoms with Gasteiger partial charge in [0.2, 0.25) is 0 Å². The summed E-state index contributed by atoms with van der Waals surface area (Å²) in [7, 11) is 1.69. The molecule has 5 nitrogen and oxygen atoms in total. The van der Waals surface area contributed by atoms with Crippen LogP contribution in [0.15, 0.2) is 43.1 Å². The summed E-state index contributed by atoms with van der Waals surface area (Å²) < 4.78 is 1.66. The molecule has 0 saturated heterocycles. The van der Waals surface area contributed by atoms with Gasteiger partial charge in [0.15, 0.2) is 5.84 Å². The molecule has 0 atom stereocenters. The number of nitrogens with two attached hydrogens (primary N) is 1. The highest BCUT2D eigenvalue weighted by molar-refractivity contribution is 9.12. The number of halogens is 2. The van der Waals surface area contributed by atoms with Crippen molar-refractivity contribution in [3.8, 4) is 0 Å². The van der Waals surface area contributed by atoms with Gasteiger partial charge in [-0.2, -0.15) is 0 Å². The Balaban J connectivity index is 2.25. The van der Waals surface area contributed by atoms with Gasteiger partial charge in [-0.15, -0.1) is 11.3 Å². The lowest BCUT2D eigenvalue weighted by molar-refractivity contribution is 0.0993. The maximum Gasteiger partial charge on any atom is 0.260 e. The zero-order valence-electron chi connectivity index (χ0n) is 10.9. The van der Waals surface area contributed by atoms with E-state index in [1.165, 1.54) is 16.2 Å². The molecule has 0 fully saturated rings. The second kappa shape index (κ2) is 6.59. The van der Waals surface area contributed by atoms with Gasteiger partial charge in [0.1, 0.15) is 0 Å². The highest BCUT2D eigenvalue weighted by atomic mass is 79.9. The first-order chi connectivity index (χ1) is 9.93. The van der Waals surface area contributed by atoms with Crippen molar-refractivity contribution in [1.29, 1.82) is 0 Å². The number of carbonyl (C=O) groups is 1. The number of amidine groups is 1. The molecule has 3 N–H and O–H groups in total. The van der Waals surface area contributed by atoms with Crippen LogP contribution in [0.4, 0.5) is 5.69 Å². The quantitative estimate of drug-likeness (QED) is 0.336. The zero-order chi connectivity index (χ0) is 15.6. The van der Waals surface area contributed by atoms with Gasteiger partial charge in [-0.05, 0) is 62.2 Å². The zero-order valence-corrected chi connectivity index (χ0v) is 14.9. The molecule has 1 aromatic carbocycles. The molecular formula is C13H11Br2N3O2S. The van der Waals surface area contributed by atoms with Crippen LogP contribution >= 0.6 is 43.2 Å². The van der Waals surface area contributed by atoms with Crippen LogP contribution in [0, 0.1) is 0 Å². The van der Waals surface area contributed by atoms with Crippen molar-refractivity contribution < 1.29 is 10.0 Å². The Morgan fingerprint density at radius 2 is 1.95 bits per heavy atom. The number of thiophene rings is 1. The molecule has 1 aromatic heterocycles. The van der Waals surface area contributed by atoms with E-state index >= 15 is 0 Å². The molecule has 2 rings (SSSR count). The van der Waals surface area contributed by atoms with Crippen molar-refractivity contribution in [3.63, 3.8) is 0 Å². The third kappa shape index (κ3) is 3.45. The van der Waals surface area contributed by atoms with Crippen molar-refractivity contribution >= 4 is 60.6 Å². The minimum atomic E-state index is -0.125. The Labute approximate surface area is 142 Å². The molecule has 0 aliphatic carbocycles. The lowest BCUT2D eigenvalue weighted by Crippen LogP contribution is -2.26. The fourth-order valence-electron chi connectivity index (χ4n) is 1.70. The molecule has 21 heavy (non-hydrogen) atoms. The van der Waals surface area contributed by atoms with Crippen LogP contribution in [-0.2, 0) is 0 Å². The van der Waals surface area contributed by atoms with Gasteiger partial charge >= 0.3 is 0 Å². The lowest BCUT2D eigenvalue weighted by Gasteiger charge is -2.17. The summed E-state index contributed by atoms with van der Waals surface area (Å²) in [5.74, 6) is -0.0968. The average Bonchev–Trinajstić information content (AvgIpc) is 2.83. The molecule has 0 saturated carbocycles. The first kappa shape index (κ1) is 16.0. The van der Waals surface area contributed by atoms with Crippen molar-refractivity contribution in [1.82, 2.24) is 0 Å². The average molecular weight is 433 g/mol. The number of rotatable bonds is 3. The van der Waals surface area contributed by atoms with Gasteiger partial charge in [-0.1, -0.05) is 5.16 Å². The van der Waals surface area contributed by atoms with Crippen LogP contribution in [-0.4, -0.2) is 24.0 Å². The number of amides is 1. The second-order valence-corrected chi connectivity index (χ2v) is 7.88. The van der Waals surface area contributed by atoms with E-state index in [0.29, 0.717) is 16.8 Å².